The molecule has 1 amide bonds. The van der Waals surface area contributed by atoms with Gasteiger partial charge in [-0.2, -0.15) is 5.26 Å². The number of halogens is 1. The van der Waals surface area contributed by atoms with Gasteiger partial charge >= 0.3 is 0 Å². The Kier molecular flexibility index (Phi) is 8.74. The first-order chi connectivity index (χ1) is 11.5. The van der Waals surface area contributed by atoms with Crippen LogP contribution in [0.5, 0.6) is 5.75 Å². The summed E-state index contributed by atoms with van der Waals surface area (Å²) in [4.78, 5) is 11.9. The summed E-state index contributed by atoms with van der Waals surface area (Å²) in [7, 11) is 0. The number of rotatable bonds is 9. The van der Waals surface area contributed by atoms with Gasteiger partial charge in [0.1, 0.15) is 17.4 Å². The third-order valence-electron chi connectivity index (χ3n) is 3.37. The Bertz CT molecular complexity index is 623. The lowest BCUT2D eigenvalue weighted by molar-refractivity contribution is -0.117. The van der Waals surface area contributed by atoms with Gasteiger partial charge in [-0.25, -0.2) is 0 Å². The molecule has 0 aliphatic heterocycles. The van der Waals surface area contributed by atoms with Gasteiger partial charge in [-0.15, -0.1) is 11.6 Å². The fourth-order valence-electron chi connectivity index (χ4n) is 2.10. The molecule has 1 rings (SSSR count). The Morgan fingerprint density at radius 3 is 2.88 bits per heavy atom. The summed E-state index contributed by atoms with van der Waals surface area (Å²) in [6, 6.07) is 7.75. The molecule has 1 atom stereocenters. The summed E-state index contributed by atoms with van der Waals surface area (Å²) >= 11 is 5.57. The predicted octanol–water partition coefficient (Wildman–Crippen LogP) is 3.20. The molecule has 0 spiro atoms. The van der Waals surface area contributed by atoms with Gasteiger partial charge in [-0.05, 0) is 33.3 Å². The van der Waals surface area contributed by atoms with Gasteiger partial charge in [0.15, 0.2) is 0 Å². The molecule has 0 aromatic heterocycles. The van der Waals surface area contributed by atoms with E-state index in [1.165, 1.54) is 6.20 Å². The van der Waals surface area contributed by atoms with E-state index in [2.05, 4.69) is 10.6 Å². The molecule has 130 valence electrons. The van der Waals surface area contributed by atoms with Crippen LogP contribution in [0.3, 0.4) is 0 Å². The Morgan fingerprint density at radius 2 is 2.25 bits per heavy atom. The lowest BCUT2D eigenvalue weighted by atomic mass is 10.0. The molecular formula is C18H24ClN3O2. The number of amides is 1. The van der Waals surface area contributed by atoms with Crippen LogP contribution in [0.4, 0.5) is 0 Å². The monoisotopic (exact) mass is 349 g/mol. The van der Waals surface area contributed by atoms with Crippen LogP contribution in [0.25, 0.3) is 0 Å². The molecule has 0 heterocycles. The summed E-state index contributed by atoms with van der Waals surface area (Å²) in [5.74, 6) is 0.854. The fourth-order valence-corrected chi connectivity index (χ4v) is 2.24. The van der Waals surface area contributed by atoms with E-state index in [4.69, 9.17) is 21.6 Å². The van der Waals surface area contributed by atoms with Gasteiger partial charge in [0, 0.05) is 24.2 Å². The van der Waals surface area contributed by atoms with Crippen molar-refractivity contribution in [3.63, 3.8) is 0 Å². The molecule has 0 radical (unpaired) electrons. The average molecular weight is 350 g/mol. The minimum absolute atomic E-state index is 0.0297. The predicted molar refractivity (Wildman–Crippen MR) is 95.9 cm³/mol. The van der Waals surface area contributed by atoms with Crippen LogP contribution in [0, 0.1) is 18.3 Å². The molecule has 1 aromatic carbocycles. The summed E-state index contributed by atoms with van der Waals surface area (Å²) in [6.45, 7) is 6.91. The Balaban J connectivity index is 2.82. The second kappa shape index (κ2) is 10.6. The first-order valence-electron chi connectivity index (χ1n) is 7.97. The molecule has 0 bridgehead atoms. The van der Waals surface area contributed by atoms with Crippen molar-refractivity contribution in [1.82, 2.24) is 10.6 Å². The second-order valence-electron chi connectivity index (χ2n) is 5.33. The SMILES string of the molecule is CCOc1ccc(C)cc1C(C)N/C=C(/C#N)C(=O)NCCCCl. The van der Waals surface area contributed by atoms with Crippen molar-refractivity contribution in [2.24, 2.45) is 0 Å². The van der Waals surface area contributed by atoms with E-state index in [-0.39, 0.29) is 11.6 Å². The van der Waals surface area contributed by atoms with Gasteiger partial charge in [0.05, 0.1) is 12.6 Å². The highest BCUT2D eigenvalue weighted by atomic mass is 35.5. The van der Waals surface area contributed by atoms with E-state index in [1.807, 2.05) is 45.0 Å². The molecule has 24 heavy (non-hydrogen) atoms. The van der Waals surface area contributed by atoms with E-state index in [9.17, 15) is 4.79 Å². The largest absolute Gasteiger partial charge is 0.494 e. The quantitative estimate of drug-likeness (QED) is 0.311. The van der Waals surface area contributed by atoms with Crippen LogP contribution in [-0.2, 0) is 4.79 Å². The van der Waals surface area contributed by atoms with Crippen molar-refractivity contribution in [2.45, 2.75) is 33.2 Å². The van der Waals surface area contributed by atoms with Crippen LogP contribution in [0.15, 0.2) is 30.0 Å². The number of carbonyl (C=O) groups is 1. The van der Waals surface area contributed by atoms with Crippen molar-refractivity contribution < 1.29 is 9.53 Å². The zero-order valence-corrected chi connectivity index (χ0v) is 15.1. The summed E-state index contributed by atoms with van der Waals surface area (Å²) in [5.41, 5.74) is 2.13. The summed E-state index contributed by atoms with van der Waals surface area (Å²) in [6.07, 6.45) is 2.11. The van der Waals surface area contributed by atoms with Crippen molar-refractivity contribution in [3.8, 4) is 11.8 Å². The maximum absolute atomic E-state index is 11.9. The number of aryl methyl sites for hydroxylation is 1. The zero-order valence-electron chi connectivity index (χ0n) is 14.4. The first-order valence-corrected chi connectivity index (χ1v) is 8.50. The van der Waals surface area contributed by atoms with Crippen molar-refractivity contribution in [1.29, 1.82) is 5.26 Å². The highest BCUT2D eigenvalue weighted by molar-refractivity contribution is 6.17. The molecule has 1 unspecified atom stereocenters. The smallest absolute Gasteiger partial charge is 0.263 e. The average Bonchev–Trinajstić information content (AvgIpc) is 2.57. The van der Waals surface area contributed by atoms with Gasteiger partial charge in [0.25, 0.3) is 5.91 Å². The minimum atomic E-state index is -0.406. The van der Waals surface area contributed by atoms with Gasteiger partial charge in [-0.3, -0.25) is 4.79 Å². The van der Waals surface area contributed by atoms with E-state index >= 15 is 0 Å². The van der Waals surface area contributed by atoms with Crippen molar-refractivity contribution >= 4 is 17.5 Å². The molecule has 0 fully saturated rings. The van der Waals surface area contributed by atoms with Crippen LogP contribution < -0.4 is 15.4 Å². The number of benzene rings is 1. The Morgan fingerprint density at radius 1 is 1.50 bits per heavy atom. The first kappa shape index (κ1) is 19.9. The molecular weight excluding hydrogens is 326 g/mol. The molecule has 0 aliphatic carbocycles. The number of carbonyl (C=O) groups excluding carboxylic acids is 1. The molecule has 0 aliphatic rings. The molecule has 6 heteroatoms. The lowest BCUT2D eigenvalue weighted by Gasteiger charge is -2.18. The standard InChI is InChI=1S/C18H24ClN3O2/c1-4-24-17-7-6-13(2)10-16(17)14(3)22-12-15(11-20)18(23)21-9-5-8-19/h6-7,10,12,14,22H,4-5,8-9H2,1-3H3,(H,21,23)/b15-12-. The number of hydrogen-bond donors (Lipinski definition) is 2. The van der Waals surface area contributed by atoms with E-state index in [0.717, 1.165) is 16.9 Å². The van der Waals surface area contributed by atoms with Crippen LogP contribution in [0.2, 0.25) is 0 Å². The maximum atomic E-state index is 11.9. The Hall–Kier alpha value is -2.19. The van der Waals surface area contributed by atoms with E-state index < -0.39 is 5.91 Å². The molecule has 0 saturated heterocycles. The van der Waals surface area contributed by atoms with Crippen molar-refractivity contribution in [3.05, 3.63) is 41.1 Å². The van der Waals surface area contributed by atoms with Crippen molar-refractivity contribution in [2.75, 3.05) is 19.0 Å². The summed E-state index contributed by atoms with van der Waals surface area (Å²) < 4.78 is 5.64. The number of nitrogens with zero attached hydrogens (tertiary/aromatic N) is 1. The lowest BCUT2D eigenvalue weighted by Crippen LogP contribution is -2.27. The highest BCUT2D eigenvalue weighted by Crippen LogP contribution is 2.26. The fraction of sp³-hybridized carbons (Fsp3) is 0.444. The van der Waals surface area contributed by atoms with E-state index in [1.54, 1.807) is 0 Å². The van der Waals surface area contributed by atoms with Gasteiger partial charge in [-0.1, -0.05) is 17.7 Å². The van der Waals surface area contributed by atoms with Gasteiger partial charge in [0.2, 0.25) is 0 Å². The van der Waals surface area contributed by atoms with Crippen LogP contribution in [0.1, 0.15) is 37.4 Å². The molecule has 0 saturated carbocycles. The third-order valence-corrected chi connectivity index (χ3v) is 3.64. The second-order valence-corrected chi connectivity index (χ2v) is 5.71. The minimum Gasteiger partial charge on any atom is -0.494 e. The number of nitrogens with one attached hydrogen (secondary N) is 2. The third kappa shape index (κ3) is 6.13. The van der Waals surface area contributed by atoms with Crippen LogP contribution in [-0.4, -0.2) is 24.9 Å². The number of nitriles is 1. The topological polar surface area (TPSA) is 74.1 Å². The highest BCUT2D eigenvalue weighted by Gasteiger charge is 2.13. The number of ether oxygens (including phenoxy) is 1. The normalized spacial score (nSPS) is 12.2. The van der Waals surface area contributed by atoms with Gasteiger partial charge < -0.3 is 15.4 Å². The molecule has 5 nitrogen and oxygen atoms in total. The number of alkyl halides is 1. The zero-order chi connectivity index (χ0) is 17.9. The summed E-state index contributed by atoms with van der Waals surface area (Å²) in [5, 5.41) is 14.9. The molecule has 1 aromatic rings. The van der Waals surface area contributed by atoms with Crippen LogP contribution >= 0.6 is 11.6 Å². The molecule has 2 N–H and O–H groups in total. The van der Waals surface area contributed by atoms with E-state index in [0.29, 0.717) is 25.5 Å². The Labute approximate surface area is 148 Å². The maximum Gasteiger partial charge on any atom is 0.263 e. The number of hydrogen-bond acceptors (Lipinski definition) is 4.